The molecule has 3 aromatic carbocycles. The molecule has 0 saturated heterocycles. The lowest BCUT2D eigenvalue weighted by Gasteiger charge is -2.18. The van der Waals surface area contributed by atoms with Crippen molar-refractivity contribution in [2.45, 2.75) is 26.2 Å². The zero-order valence-electron chi connectivity index (χ0n) is 16.0. The second-order valence-corrected chi connectivity index (χ2v) is 8.22. The van der Waals surface area contributed by atoms with Gasteiger partial charge >= 0.3 is 5.97 Å². The SMILES string of the molecule is Cc1ccc(C2=C(c3ccc(Cl)cc3Cl)CCCc3cc(C(=O)O)ccc32)cc1. The van der Waals surface area contributed by atoms with Crippen LogP contribution in [0.15, 0.2) is 60.7 Å². The minimum atomic E-state index is -0.904. The molecule has 0 heterocycles. The van der Waals surface area contributed by atoms with Gasteiger partial charge in [0.2, 0.25) is 0 Å². The summed E-state index contributed by atoms with van der Waals surface area (Å²) in [5.74, 6) is -0.904. The second-order valence-electron chi connectivity index (χ2n) is 7.37. The number of aromatic carboxylic acids is 1. The van der Waals surface area contributed by atoms with Crippen molar-refractivity contribution in [2.24, 2.45) is 0 Å². The Morgan fingerprint density at radius 3 is 2.31 bits per heavy atom. The van der Waals surface area contributed by atoms with Gasteiger partial charge in [-0.3, -0.25) is 0 Å². The molecule has 4 heteroatoms. The van der Waals surface area contributed by atoms with Crippen molar-refractivity contribution in [3.05, 3.63) is 104 Å². The average Bonchev–Trinajstić information content (AvgIpc) is 2.87. The van der Waals surface area contributed by atoms with Crippen LogP contribution in [0, 0.1) is 6.92 Å². The van der Waals surface area contributed by atoms with E-state index in [0.29, 0.717) is 15.6 Å². The molecule has 0 atom stereocenters. The lowest BCUT2D eigenvalue weighted by molar-refractivity contribution is 0.0696. The third-order valence-corrected chi connectivity index (χ3v) is 5.94. The molecular weight excluding hydrogens is 403 g/mol. The molecule has 0 aliphatic heterocycles. The fourth-order valence-corrected chi connectivity index (χ4v) is 4.50. The first-order valence-corrected chi connectivity index (χ1v) is 10.3. The summed E-state index contributed by atoms with van der Waals surface area (Å²) in [4.78, 5) is 11.5. The Morgan fingerprint density at radius 1 is 0.897 bits per heavy atom. The first-order chi connectivity index (χ1) is 13.9. The molecule has 0 amide bonds. The van der Waals surface area contributed by atoms with Crippen molar-refractivity contribution in [3.63, 3.8) is 0 Å². The number of carboxylic acid groups (broad SMARTS) is 1. The predicted molar refractivity (Wildman–Crippen MR) is 120 cm³/mol. The molecule has 0 fully saturated rings. The van der Waals surface area contributed by atoms with E-state index in [-0.39, 0.29) is 0 Å². The van der Waals surface area contributed by atoms with Crippen LogP contribution in [0.2, 0.25) is 10.0 Å². The summed E-state index contributed by atoms with van der Waals surface area (Å²) in [6.07, 6.45) is 2.59. The predicted octanol–water partition coefficient (Wildman–Crippen LogP) is 7.30. The van der Waals surface area contributed by atoms with Gasteiger partial charge in [0.1, 0.15) is 0 Å². The van der Waals surface area contributed by atoms with Crippen molar-refractivity contribution < 1.29 is 9.90 Å². The van der Waals surface area contributed by atoms with Gasteiger partial charge in [0.15, 0.2) is 0 Å². The largest absolute Gasteiger partial charge is 0.478 e. The minimum absolute atomic E-state index is 0.319. The van der Waals surface area contributed by atoms with Crippen LogP contribution >= 0.6 is 23.2 Å². The van der Waals surface area contributed by atoms with Gasteiger partial charge in [-0.1, -0.05) is 65.2 Å². The first kappa shape index (κ1) is 19.8. The van der Waals surface area contributed by atoms with Crippen molar-refractivity contribution in [1.82, 2.24) is 0 Å². The molecule has 146 valence electrons. The van der Waals surface area contributed by atoms with E-state index in [1.807, 2.05) is 18.2 Å². The molecule has 4 rings (SSSR count). The summed E-state index contributed by atoms with van der Waals surface area (Å²) >= 11 is 12.7. The number of carboxylic acids is 1. The summed E-state index contributed by atoms with van der Waals surface area (Å²) < 4.78 is 0. The molecule has 0 saturated carbocycles. The van der Waals surface area contributed by atoms with Gasteiger partial charge in [-0.2, -0.15) is 0 Å². The molecule has 0 aromatic heterocycles. The Morgan fingerprint density at radius 2 is 1.62 bits per heavy atom. The Balaban J connectivity index is 2.02. The molecule has 1 N–H and O–H groups in total. The minimum Gasteiger partial charge on any atom is -0.478 e. The summed E-state index contributed by atoms with van der Waals surface area (Å²) in [7, 11) is 0. The van der Waals surface area contributed by atoms with Gasteiger partial charge in [-0.05, 0) is 83.9 Å². The van der Waals surface area contributed by atoms with Gasteiger partial charge < -0.3 is 5.11 Å². The Labute approximate surface area is 180 Å². The van der Waals surface area contributed by atoms with Crippen LogP contribution in [0.25, 0.3) is 11.1 Å². The number of carbonyl (C=O) groups is 1. The molecule has 2 nitrogen and oxygen atoms in total. The van der Waals surface area contributed by atoms with E-state index >= 15 is 0 Å². The Kier molecular flexibility index (Phi) is 5.49. The highest BCUT2D eigenvalue weighted by atomic mass is 35.5. The highest BCUT2D eigenvalue weighted by Gasteiger charge is 2.22. The standard InChI is InChI=1S/C25H20Cl2O2/c1-15-5-7-16(8-6-15)24-20-11-9-18(25(28)29)13-17(20)3-2-4-22(24)21-12-10-19(26)14-23(21)27/h5-14H,2-4H2,1H3,(H,28,29). The quantitative estimate of drug-likeness (QED) is 0.480. The fourth-order valence-electron chi connectivity index (χ4n) is 3.97. The van der Waals surface area contributed by atoms with Crippen LogP contribution in [-0.4, -0.2) is 11.1 Å². The van der Waals surface area contributed by atoms with E-state index in [1.165, 1.54) is 5.56 Å². The molecule has 1 aliphatic rings. The van der Waals surface area contributed by atoms with E-state index in [1.54, 1.807) is 18.2 Å². The summed E-state index contributed by atoms with van der Waals surface area (Å²) in [5.41, 5.74) is 7.98. The molecule has 3 aromatic rings. The number of hydrogen-bond acceptors (Lipinski definition) is 1. The van der Waals surface area contributed by atoms with Crippen LogP contribution in [0.1, 0.15) is 51.0 Å². The molecule has 1 aliphatic carbocycles. The van der Waals surface area contributed by atoms with Crippen LogP contribution in [0.4, 0.5) is 0 Å². The van der Waals surface area contributed by atoms with Crippen molar-refractivity contribution >= 4 is 40.3 Å². The lowest BCUT2D eigenvalue weighted by Crippen LogP contribution is -2.01. The monoisotopic (exact) mass is 422 g/mol. The van der Waals surface area contributed by atoms with Gasteiger partial charge in [-0.15, -0.1) is 0 Å². The van der Waals surface area contributed by atoms with Crippen molar-refractivity contribution in [3.8, 4) is 0 Å². The van der Waals surface area contributed by atoms with E-state index < -0.39 is 5.97 Å². The zero-order valence-corrected chi connectivity index (χ0v) is 17.5. The number of fused-ring (bicyclic) bond motifs is 1. The van der Waals surface area contributed by atoms with E-state index in [2.05, 4.69) is 31.2 Å². The van der Waals surface area contributed by atoms with Crippen LogP contribution < -0.4 is 0 Å². The summed E-state index contributed by atoms with van der Waals surface area (Å²) in [6, 6.07) is 19.5. The third kappa shape index (κ3) is 3.96. The molecule has 0 unspecified atom stereocenters. The van der Waals surface area contributed by atoms with Crippen molar-refractivity contribution in [1.29, 1.82) is 0 Å². The number of halogens is 2. The summed E-state index contributed by atoms with van der Waals surface area (Å²) in [5, 5.41) is 10.7. The Bertz CT molecular complexity index is 1130. The van der Waals surface area contributed by atoms with Gasteiger partial charge in [0.05, 0.1) is 5.56 Å². The number of benzene rings is 3. The molecule has 0 radical (unpaired) electrons. The van der Waals surface area contributed by atoms with Gasteiger partial charge in [0.25, 0.3) is 0 Å². The zero-order chi connectivity index (χ0) is 20.5. The van der Waals surface area contributed by atoms with E-state index in [0.717, 1.165) is 52.7 Å². The molecule has 0 bridgehead atoms. The van der Waals surface area contributed by atoms with Crippen LogP contribution in [0.5, 0.6) is 0 Å². The lowest BCUT2D eigenvalue weighted by atomic mass is 9.87. The molecule has 29 heavy (non-hydrogen) atoms. The second kappa shape index (κ2) is 8.06. The maximum absolute atomic E-state index is 11.5. The van der Waals surface area contributed by atoms with Crippen LogP contribution in [0.3, 0.4) is 0 Å². The van der Waals surface area contributed by atoms with E-state index in [9.17, 15) is 9.90 Å². The fraction of sp³-hybridized carbons (Fsp3) is 0.160. The smallest absolute Gasteiger partial charge is 0.335 e. The highest BCUT2D eigenvalue weighted by Crippen LogP contribution is 2.42. The summed E-state index contributed by atoms with van der Waals surface area (Å²) in [6.45, 7) is 2.06. The van der Waals surface area contributed by atoms with Crippen LogP contribution in [-0.2, 0) is 6.42 Å². The van der Waals surface area contributed by atoms with E-state index in [4.69, 9.17) is 23.2 Å². The average molecular weight is 423 g/mol. The first-order valence-electron chi connectivity index (χ1n) is 9.56. The third-order valence-electron chi connectivity index (χ3n) is 5.39. The topological polar surface area (TPSA) is 37.3 Å². The van der Waals surface area contributed by atoms with Gasteiger partial charge in [0, 0.05) is 10.0 Å². The number of aryl methyl sites for hydroxylation is 2. The van der Waals surface area contributed by atoms with Gasteiger partial charge in [-0.25, -0.2) is 4.79 Å². The highest BCUT2D eigenvalue weighted by molar-refractivity contribution is 6.36. The Hall–Kier alpha value is -2.55. The normalized spacial score (nSPS) is 13.8. The maximum Gasteiger partial charge on any atom is 0.335 e. The maximum atomic E-state index is 11.5. The molecule has 0 spiro atoms. The molecular formula is C25H20Cl2O2. The number of hydrogen-bond donors (Lipinski definition) is 1. The van der Waals surface area contributed by atoms with Crippen molar-refractivity contribution in [2.75, 3.05) is 0 Å². The number of allylic oxidation sites excluding steroid dienone is 1. The number of rotatable bonds is 3.